The van der Waals surface area contributed by atoms with Crippen molar-refractivity contribution >= 4 is 39.1 Å². The number of ether oxygens (including phenoxy) is 1. The zero-order valence-electron chi connectivity index (χ0n) is 20.8. The van der Waals surface area contributed by atoms with Crippen LogP contribution in [0.25, 0.3) is 38.4 Å². The molecule has 0 radical (unpaired) electrons. The molecule has 6 nitrogen and oxygen atoms in total. The predicted molar refractivity (Wildman–Crippen MR) is 143 cm³/mol. The average molecular weight is 483 g/mol. The predicted octanol–water partition coefficient (Wildman–Crippen LogP) is 5.70. The number of likely N-dealkylation sites (tertiary alicyclic amines) is 1. The molecule has 2 amide bonds. The van der Waals surface area contributed by atoms with Gasteiger partial charge in [-0.05, 0) is 54.7 Å². The second kappa shape index (κ2) is 9.53. The molecule has 36 heavy (non-hydrogen) atoms. The van der Waals surface area contributed by atoms with E-state index in [2.05, 4.69) is 36.4 Å². The third-order valence-electron chi connectivity index (χ3n) is 7.30. The number of nitrogens with zero attached hydrogens (tertiary/aromatic N) is 1. The molecule has 2 heterocycles. The van der Waals surface area contributed by atoms with Gasteiger partial charge in [0.15, 0.2) is 0 Å². The first kappa shape index (κ1) is 23.7. The van der Waals surface area contributed by atoms with Crippen LogP contribution >= 0.6 is 0 Å². The quantitative estimate of drug-likeness (QED) is 0.370. The Balaban J connectivity index is 1.56. The number of allylic oxidation sites excluding steroid dienone is 1. The zero-order chi connectivity index (χ0) is 25.4. The van der Waals surface area contributed by atoms with Crippen LogP contribution in [0.15, 0.2) is 65.3 Å². The Labute approximate surface area is 210 Å². The highest BCUT2D eigenvalue weighted by molar-refractivity contribution is 6.07. The second-order valence-electron chi connectivity index (χ2n) is 9.46. The van der Waals surface area contributed by atoms with Gasteiger partial charge in [0.25, 0.3) is 0 Å². The number of rotatable bonds is 5. The first-order valence-corrected chi connectivity index (χ1v) is 12.2. The van der Waals surface area contributed by atoms with Gasteiger partial charge >= 0.3 is 0 Å². The molecular formula is C30H30N2O4. The summed E-state index contributed by atoms with van der Waals surface area (Å²) in [5.41, 5.74) is 10.9. The standard InChI is InChI=1S/C30H30N2O4/c1-18(15-27(33)32-13-11-21(12-14-32)30(31)34)24-16-25-26(17-36-29(25)19(2)28(24)35-3)23-10-6-8-20-7-4-5-9-22(20)23/h4-10,15-17,21H,11-14H2,1-3H3,(H2,31,34)/b18-15+. The number of aryl methyl sites for hydroxylation is 1. The molecule has 3 aromatic carbocycles. The minimum atomic E-state index is -0.288. The number of fused-ring (bicyclic) bond motifs is 2. The number of hydrogen-bond acceptors (Lipinski definition) is 4. The molecule has 1 saturated heterocycles. The number of methoxy groups -OCH3 is 1. The number of carbonyl (C=O) groups is 2. The van der Waals surface area contributed by atoms with Crippen LogP contribution in [0.2, 0.25) is 0 Å². The van der Waals surface area contributed by atoms with E-state index in [9.17, 15) is 9.59 Å². The highest BCUT2D eigenvalue weighted by Crippen LogP contribution is 2.42. The average Bonchev–Trinajstić information content (AvgIpc) is 3.32. The maximum atomic E-state index is 13.1. The van der Waals surface area contributed by atoms with Crippen LogP contribution in [-0.4, -0.2) is 36.9 Å². The SMILES string of the molecule is COc1c(/C(C)=C/C(=O)N2CCC(C(N)=O)CC2)cc2c(-c3cccc4ccccc34)coc2c1C. The van der Waals surface area contributed by atoms with Crippen molar-refractivity contribution in [1.29, 1.82) is 0 Å². The van der Waals surface area contributed by atoms with E-state index >= 15 is 0 Å². The molecule has 1 aliphatic rings. The van der Waals surface area contributed by atoms with Crippen LogP contribution in [0.4, 0.5) is 0 Å². The van der Waals surface area contributed by atoms with Crippen molar-refractivity contribution in [3.8, 4) is 16.9 Å². The largest absolute Gasteiger partial charge is 0.496 e. The van der Waals surface area contributed by atoms with Gasteiger partial charge in [-0.3, -0.25) is 9.59 Å². The van der Waals surface area contributed by atoms with Crippen LogP contribution in [0, 0.1) is 12.8 Å². The van der Waals surface area contributed by atoms with E-state index in [4.69, 9.17) is 14.9 Å². The second-order valence-corrected chi connectivity index (χ2v) is 9.46. The van der Waals surface area contributed by atoms with Crippen molar-refractivity contribution in [2.75, 3.05) is 20.2 Å². The third-order valence-corrected chi connectivity index (χ3v) is 7.30. The number of nitrogens with two attached hydrogens (primary N) is 1. The fourth-order valence-electron chi connectivity index (χ4n) is 5.28. The van der Waals surface area contributed by atoms with Crippen LogP contribution in [-0.2, 0) is 9.59 Å². The van der Waals surface area contributed by atoms with Gasteiger partial charge in [-0.2, -0.15) is 0 Å². The van der Waals surface area contributed by atoms with E-state index in [1.807, 2.05) is 26.0 Å². The minimum Gasteiger partial charge on any atom is -0.496 e. The van der Waals surface area contributed by atoms with E-state index in [1.165, 1.54) is 0 Å². The van der Waals surface area contributed by atoms with Gasteiger partial charge in [0, 0.05) is 47.2 Å². The number of amides is 2. The van der Waals surface area contributed by atoms with Gasteiger partial charge in [0.05, 0.1) is 13.4 Å². The normalized spacial score (nSPS) is 15.0. The molecule has 0 saturated carbocycles. The Morgan fingerprint density at radius 3 is 2.50 bits per heavy atom. The number of furan rings is 1. The molecule has 0 atom stereocenters. The van der Waals surface area contributed by atoms with Gasteiger partial charge in [-0.25, -0.2) is 0 Å². The summed E-state index contributed by atoms with van der Waals surface area (Å²) in [4.78, 5) is 26.3. The molecule has 2 N–H and O–H groups in total. The van der Waals surface area contributed by atoms with Crippen molar-refractivity contribution in [3.63, 3.8) is 0 Å². The van der Waals surface area contributed by atoms with E-state index < -0.39 is 0 Å². The Hall–Kier alpha value is -4.06. The van der Waals surface area contributed by atoms with E-state index in [1.54, 1.807) is 24.3 Å². The Bertz CT molecular complexity index is 1500. The number of benzene rings is 3. The zero-order valence-corrected chi connectivity index (χ0v) is 20.8. The Morgan fingerprint density at radius 2 is 1.78 bits per heavy atom. The summed E-state index contributed by atoms with van der Waals surface area (Å²) in [7, 11) is 1.63. The lowest BCUT2D eigenvalue weighted by molar-refractivity contribution is -0.130. The first-order valence-electron chi connectivity index (χ1n) is 12.2. The molecular weight excluding hydrogens is 452 g/mol. The van der Waals surface area contributed by atoms with Gasteiger partial charge in [0.1, 0.15) is 11.3 Å². The van der Waals surface area contributed by atoms with Crippen LogP contribution < -0.4 is 10.5 Å². The van der Waals surface area contributed by atoms with Crippen LogP contribution in [0.5, 0.6) is 5.75 Å². The lowest BCUT2D eigenvalue weighted by atomic mass is 9.94. The van der Waals surface area contributed by atoms with Crippen molar-refractivity contribution < 1.29 is 18.7 Å². The van der Waals surface area contributed by atoms with Crippen LogP contribution in [0.3, 0.4) is 0 Å². The molecule has 1 fully saturated rings. The van der Waals surface area contributed by atoms with Crippen LogP contribution in [0.1, 0.15) is 30.9 Å². The van der Waals surface area contributed by atoms with Crippen molar-refractivity contribution in [3.05, 3.63) is 72.0 Å². The van der Waals surface area contributed by atoms with Crippen molar-refractivity contribution in [2.24, 2.45) is 11.7 Å². The molecule has 1 aromatic heterocycles. The fourth-order valence-corrected chi connectivity index (χ4v) is 5.28. The fraction of sp³-hybridized carbons (Fsp3) is 0.267. The molecule has 4 aromatic rings. The summed E-state index contributed by atoms with van der Waals surface area (Å²) in [5, 5.41) is 3.29. The molecule has 6 heteroatoms. The lowest BCUT2D eigenvalue weighted by Gasteiger charge is -2.30. The summed E-state index contributed by atoms with van der Waals surface area (Å²) < 4.78 is 11.8. The molecule has 184 valence electrons. The van der Waals surface area contributed by atoms with Gasteiger partial charge in [0.2, 0.25) is 11.8 Å². The smallest absolute Gasteiger partial charge is 0.246 e. The molecule has 0 spiro atoms. The summed E-state index contributed by atoms with van der Waals surface area (Å²) in [6, 6.07) is 16.6. The van der Waals surface area contributed by atoms with Crippen molar-refractivity contribution in [2.45, 2.75) is 26.7 Å². The Morgan fingerprint density at radius 1 is 1.06 bits per heavy atom. The number of primary amides is 1. The first-order chi connectivity index (χ1) is 17.4. The number of piperidine rings is 1. The summed E-state index contributed by atoms with van der Waals surface area (Å²) in [5.74, 6) is 0.175. The summed E-state index contributed by atoms with van der Waals surface area (Å²) in [6.45, 7) is 4.95. The highest BCUT2D eigenvalue weighted by atomic mass is 16.5. The lowest BCUT2D eigenvalue weighted by Crippen LogP contribution is -2.41. The van der Waals surface area contributed by atoms with E-state index in [-0.39, 0.29) is 17.7 Å². The topological polar surface area (TPSA) is 85.8 Å². The van der Waals surface area contributed by atoms with Gasteiger partial charge in [-0.1, -0.05) is 42.5 Å². The summed E-state index contributed by atoms with van der Waals surface area (Å²) in [6.07, 6.45) is 4.67. The molecule has 0 unspecified atom stereocenters. The monoisotopic (exact) mass is 482 g/mol. The maximum Gasteiger partial charge on any atom is 0.246 e. The van der Waals surface area contributed by atoms with Crippen molar-refractivity contribution in [1.82, 2.24) is 4.90 Å². The maximum absolute atomic E-state index is 13.1. The Kier molecular flexibility index (Phi) is 6.27. The van der Waals surface area contributed by atoms with E-state index in [0.717, 1.165) is 49.6 Å². The summed E-state index contributed by atoms with van der Waals surface area (Å²) >= 11 is 0. The van der Waals surface area contributed by atoms with E-state index in [0.29, 0.717) is 31.7 Å². The number of carbonyl (C=O) groups excluding carboxylic acids is 2. The van der Waals surface area contributed by atoms with Gasteiger partial charge in [-0.15, -0.1) is 0 Å². The molecule has 0 aliphatic carbocycles. The number of hydrogen-bond donors (Lipinski definition) is 1. The molecule has 1 aliphatic heterocycles. The molecule has 5 rings (SSSR count). The molecule has 0 bridgehead atoms. The van der Waals surface area contributed by atoms with Gasteiger partial charge < -0.3 is 19.8 Å². The minimum absolute atomic E-state index is 0.0725. The third kappa shape index (κ3) is 4.13. The highest BCUT2D eigenvalue weighted by Gasteiger charge is 2.26.